The van der Waals surface area contributed by atoms with E-state index < -0.39 is 0 Å². The van der Waals surface area contributed by atoms with Crippen LogP contribution >= 0.6 is 0 Å². The van der Waals surface area contributed by atoms with Crippen molar-refractivity contribution in [2.24, 2.45) is 0 Å². The first-order valence-electron chi connectivity index (χ1n) is 6.54. The molecule has 1 atom stereocenters. The molecular weight excluding hydrogens is 226 g/mol. The van der Waals surface area contributed by atoms with Crippen LogP contribution in [0, 0.1) is 6.92 Å². The molecule has 0 aliphatic carbocycles. The molecule has 0 saturated carbocycles. The Kier molecular flexibility index (Phi) is 3.64. The zero-order valence-corrected chi connectivity index (χ0v) is 11.5. The fourth-order valence-electron chi connectivity index (χ4n) is 2.70. The molecule has 0 amide bonds. The first-order valence-corrected chi connectivity index (χ1v) is 6.54. The summed E-state index contributed by atoms with van der Waals surface area (Å²) in [6.45, 7) is 7.05. The number of nitrogens with one attached hydrogen (secondary N) is 1. The van der Waals surface area contributed by atoms with Gasteiger partial charge in [0.15, 0.2) is 0 Å². The molecule has 18 heavy (non-hydrogen) atoms. The van der Waals surface area contributed by atoms with E-state index in [0.29, 0.717) is 6.61 Å². The van der Waals surface area contributed by atoms with Gasteiger partial charge in [-0.05, 0) is 39.3 Å². The summed E-state index contributed by atoms with van der Waals surface area (Å²) < 4.78 is 5.73. The standard InChI is InChI=1S/C15H23NO2/c1-12-4-6-13(7-5-12)16-15(11-17)8-9-18-14(2,3)10-15/h4-7,16-17H,8-11H2,1-3H3. The van der Waals surface area contributed by atoms with Crippen molar-refractivity contribution in [3.05, 3.63) is 29.8 Å². The summed E-state index contributed by atoms with van der Waals surface area (Å²) in [5, 5.41) is 13.3. The van der Waals surface area contributed by atoms with Crippen molar-refractivity contribution < 1.29 is 9.84 Å². The molecule has 2 N–H and O–H groups in total. The summed E-state index contributed by atoms with van der Waals surface area (Å²) in [5.41, 5.74) is 1.86. The second-order valence-corrected chi connectivity index (χ2v) is 5.96. The van der Waals surface area contributed by atoms with Crippen molar-refractivity contribution >= 4 is 5.69 Å². The Morgan fingerprint density at radius 2 is 1.94 bits per heavy atom. The van der Waals surface area contributed by atoms with Gasteiger partial charge in [0, 0.05) is 18.7 Å². The molecule has 1 saturated heterocycles. The van der Waals surface area contributed by atoms with Crippen LogP contribution in [-0.2, 0) is 4.74 Å². The van der Waals surface area contributed by atoms with Crippen LogP contribution in [0.15, 0.2) is 24.3 Å². The van der Waals surface area contributed by atoms with Crippen molar-refractivity contribution in [2.45, 2.75) is 44.8 Å². The van der Waals surface area contributed by atoms with Gasteiger partial charge in [0.05, 0.1) is 17.7 Å². The van der Waals surface area contributed by atoms with Crippen molar-refractivity contribution in [3.63, 3.8) is 0 Å². The van der Waals surface area contributed by atoms with Gasteiger partial charge in [-0.2, -0.15) is 0 Å². The van der Waals surface area contributed by atoms with E-state index in [-0.39, 0.29) is 17.7 Å². The van der Waals surface area contributed by atoms with E-state index in [4.69, 9.17) is 4.74 Å². The lowest BCUT2D eigenvalue weighted by molar-refractivity contribution is -0.0838. The Balaban J connectivity index is 2.15. The van der Waals surface area contributed by atoms with E-state index in [1.54, 1.807) is 0 Å². The summed E-state index contributed by atoms with van der Waals surface area (Å²) >= 11 is 0. The van der Waals surface area contributed by atoms with Gasteiger partial charge in [0.1, 0.15) is 0 Å². The Labute approximate surface area is 109 Å². The predicted molar refractivity (Wildman–Crippen MR) is 73.9 cm³/mol. The number of ether oxygens (including phenoxy) is 1. The summed E-state index contributed by atoms with van der Waals surface area (Å²) in [7, 11) is 0. The molecule has 1 aliphatic rings. The van der Waals surface area contributed by atoms with Gasteiger partial charge in [-0.25, -0.2) is 0 Å². The largest absolute Gasteiger partial charge is 0.394 e. The minimum atomic E-state index is -0.267. The average molecular weight is 249 g/mol. The lowest BCUT2D eigenvalue weighted by atomic mass is 9.81. The SMILES string of the molecule is Cc1ccc(NC2(CO)CCOC(C)(C)C2)cc1. The van der Waals surface area contributed by atoms with E-state index >= 15 is 0 Å². The van der Waals surface area contributed by atoms with Crippen LogP contribution in [0.3, 0.4) is 0 Å². The van der Waals surface area contributed by atoms with Crippen molar-refractivity contribution in [1.82, 2.24) is 0 Å². The molecule has 1 fully saturated rings. The van der Waals surface area contributed by atoms with Gasteiger partial charge in [-0.1, -0.05) is 17.7 Å². The molecule has 2 rings (SSSR count). The van der Waals surface area contributed by atoms with Gasteiger partial charge in [-0.15, -0.1) is 0 Å². The van der Waals surface area contributed by atoms with E-state index in [1.165, 1.54) is 5.56 Å². The maximum absolute atomic E-state index is 9.77. The smallest absolute Gasteiger partial charge is 0.0663 e. The molecular formula is C15H23NO2. The van der Waals surface area contributed by atoms with Crippen LogP contribution in [0.4, 0.5) is 5.69 Å². The molecule has 3 nitrogen and oxygen atoms in total. The third kappa shape index (κ3) is 3.03. The molecule has 1 unspecified atom stereocenters. The van der Waals surface area contributed by atoms with Gasteiger partial charge >= 0.3 is 0 Å². The van der Waals surface area contributed by atoms with Crippen LogP contribution < -0.4 is 5.32 Å². The summed E-state index contributed by atoms with van der Waals surface area (Å²) in [5.74, 6) is 0. The number of anilines is 1. The van der Waals surface area contributed by atoms with Gasteiger partial charge in [0.2, 0.25) is 0 Å². The predicted octanol–water partition coefficient (Wildman–Crippen LogP) is 2.73. The first-order chi connectivity index (χ1) is 8.45. The number of hydrogen-bond donors (Lipinski definition) is 2. The molecule has 1 heterocycles. The Morgan fingerprint density at radius 1 is 1.28 bits per heavy atom. The normalized spacial score (nSPS) is 26.9. The van der Waals surface area contributed by atoms with Crippen LogP contribution in [0.2, 0.25) is 0 Å². The second kappa shape index (κ2) is 4.90. The molecule has 0 bridgehead atoms. The topological polar surface area (TPSA) is 41.5 Å². The maximum Gasteiger partial charge on any atom is 0.0663 e. The van der Waals surface area contributed by atoms with Crippen molar-refractivity contribution in [3.8, 4) is 0 Å². The molecule has 0 aromatic heterocycles. The molecule has 100 valence electrons. The molecule has 1 aromatic carbocycles. The third-order valence-corrected chi connectivity index (χ3v) is 3.60. The van der Waals surface area contributed by atoms with E-state index in [9.17, 15) is 5.11 Å². The Bertz CT molecular complexity index is 399. The number of aliphatic hydroxyl groups excluding tert-OH is 1. The molecule has 3 heteroatoms. The summed E-state index contributed by atoms with van der Waals surface area (Å²) in [6, 6.07) is 8.29. The van der Waals surface area contributed by atoms with Crippen LogP contribution in [-0.4, -0.2) is 29.5 Å². The van der Waals surface area contributed by atoms with Gasteiger partial charge in [0.25, 0.3) is 0 Å². The van der Waals surface area contributed by atoms with Gasteiger partial charge < -0.3 is 15.2 Å². The van der Waals surface area contributed by atoms with E-state index in [1.807, 2.05) is 0 Å². The highest BCUT2D eigenvalue weighted by atomic mass is 16.5. The van der Waals surface area contributed by atoms with Crippen LogP contribution in [0.1, 0.15) is 32.3 Å². The molecule has 0 radical (unpaired) electrons. The molecule has 1 aromatic rings. The summed E-state index contributed by atoms with van der Waals surface area (Å²) in [4.78, 5) is 0. The number of aliphatic hydroxyl groups is 1. The van der Waals surface area contributed by atoms with Crippen LogP contribution in [0.25, 0.3) is 0 Å². The lowest BCUT2D eigenvalue weighted by Crippen LogP contribution is -2.53. The highest BCUT2D eigenvalue weighted by Gasteiger charge is 2.40. The monoisotopic (exact) mass is 249 g/mol. The lowest BCUT2D eigenvalue weighted by Gasteiger charge is -2.44. The number of benzene rings is 1. The minimum absolute atomic E-state index is 0.133. The average Bonchev–Trinajstić information content (AvgIpc) is 2.31. The number of hydrogen-bond acceptors (Lipinski definition) is 3. The minimum Gasteiger partial charge on any atom is -0.394 e. The fraction of sp³-hybridized carbons (Fsp3) is 0.600. The molecule has 1 aliphatic heterocycles. The molecule has 0 spiro atoms. The Morgan fingerprint density at radius 3 is 2.50 bits per heavy atom. The maximum atomic E-state index is 9.77. The third-order valence-electron chi connectivity index (χ3n) is 3.60. The highest BCUT2D eigenvalue weighted by Crippen LogP contribution is 2.34. The highest BCUT2D eigenvalue weighted by molar-refractivity contribution is 5.47. The first kappa shape index (κ1) is 13.4. The van der Waals surface area contributed by atoms with Crippen molar-refractivity contribution in [2.75, 3.05) is 18.5 Å². The quantitative estimate of drug-likeness (QED) is 0.865. The number of rotatable bonds is 3. The van der Waals surface area contributed by atoms with Crippen LogP contribution in [0.5, 0.6) is 0 Å². The van der Waals surface area contributed by atoms with Crippen molar-refractivity contribution in [1.29, 1.82) is 0 Å². The summed E-state index contributed by atoms with van der Waals surface area (Å²) in [6.07, 6.45) is 1.64. The van der Waals surface area contributed by atoms with E-state index in [0.717, 1.165) is 18.5 Å². The second-order valence-electron chi connectivity index (χ2n) is 5.96. The van der Waals surface area contributed by atoms with Gasteiger partial charge in [-0.3, -0.25) is 0 Å². The zero-order chi connectivity index (χ0) is 13.2. The number of aryl methyl sites for hydroxylation is 1. The zero-order valence-electron chi connectivity index (χ0n) is 11.5. The Hall–Kier alpha value is -1.06. The fourth-order valence-corrected chi connectivity index (χ4v) is 2.70. The van der Waals surface area contributed by atoms with E-state index in [2.05, 4.69) is 50.4 Å².